The summed E-state index contributed by atoms with van der Waals surface area (Å²) in [5.74, 6) is -0.289. The second kappa shape index (κ2) is 8.87. The third-order valence-electron chi connectivity index (χ3n) is 3.90. The monoisotopic (exact) mass is 358 g/mol. The smallest absolute Gasteiger partial charge is 0.320 e. The van der Waals surface area contributed by atoms with Crippen LogP contribution in [0.5, 0.6) is 11.5 Å². The van der Waals surface area contributed by atoms with Gasteiger partial charge in [-0.2, -0.15) is 0 Å². The highest BCUT2D eigenvalue weighted by molar-refractivity contribution is 5.97. The number of nitrogens with two attached hydrogens (primary N) is 1. The number of methoxy groups -OCH3 is 2. The number of benzene rings is 2. The van der Waals surface area contributed by atoms with Crippen LogP contribution in [0.25, 0.3) is 0 Å². The fourth-order valence-electron chi connectivity index (χ4n) is 2.40. The standard InChI is InChI=1S/C19H22N2O5/c1-25-14-7-8-17(26-2)15(10-14)18(22)21-11-13-5-3-12(4-6-13)9-16(20)19(23)24/h3-8,10,16H,9,11,20H2,1-2H3,(H,21,22)(H,23,24)/t16-/m0/s1. The number of carboxylic acids is 1. The summed E-state index contributed by atoms with van der Waals surface area (Å²) >= 11 is 0. The molecule has 138 valence electrons. The Morgan fingerprint density at radius 3 is 2.31 bits per heavy atom. The first-order valence-electron chi connectivity index (χ1n) is 8.01. The lowest BCUT2D eigenvalue weighted by Crippen LogP contribution is -2.32. The first-order chi connectivity index (χ1) is 12.4. The summed E-state index contributed by atoms with van der Waals surface area (Å²) < 4.78 is 10.4. The van der Waals surface area contributed by atoms with Crippen LogP contribution >= 0.6 is 0 Å². The minimum Gasteiger partial charge on any atom is -0.497 e. The molecule has 0 aromatic heterocycles. The Morgan fingerprint density at radius 1 is 1.08 bits per heavy atom. The van der Waals surface area contributed by atoms with Gasteiger partial charge in [-0.25, -0.2) is 0 Å². The third-order valence-corrected chi connectivity index (χ3v) is 3.90. The molecule has 0 radical (unpaired) electrons. The van der Waals surface area contributed by atoms with Crippen molar-refractivity contribution in [3.8, 4) is 11.5 Å². The van der Waals surface area contributed by atoms with Gasteiger partial charge in [-0.05, 0) is 35.7 Å². The van der Waals surface area contributed by atoms with E-state index in [2.05, 4.69) is 5.32 Å². The van der Waals surface area contributed by atoms with Gasteiger partial charge in [0.1, 0.15) is 17.5 Å². The van der Waals surface area contributed by atoms with Gasteiger partial charge in [0.25, 0.3) is 5.91 Å². The predicted molar refractivity (Wildman–Crippen MR) is 96.5 cm³/mol. The number of carbonyl (C=O) groups excluding carboxylic acids is 1. The summed E-state index contributed by atoms with van der Waals surface area (Å²) in [6.07, 6.45) is 0.253. The Labute approximate surface area is 151 Å². The second-order valence-electron chi connectivity index (χ2n) is 5.71. The molecule has 2 aromatic carbocycles. The fraction of sp³-hybridized carbons (Fsp3) is 0.263. The quantitative estimate of drug-likeness (QED) is 0.661. The van der Waals surface area contributed by atoms with Crippen molar-refractivity contribution < 1.29 is 24.2 Å². The molecule has 0 bridgehead atoms. The lowest BCUT2D eigenvalue weighted by atomic mass is 10.0. The number of nitrogens with one attached hydrogen (secondary N) is 1. The number of amides is 1. The summed E-state index contributed by atoms with van der Waals surface area (Å²) in [4.78, 5) is 23.2. The van der Waals surface area contributed by atoms with Crippen molar-refractivity contribution in [1.29, 1.82) is 0 Å². The molecule has 0 saturated carbocycles. The molecule has 0 spiro atoms. The zero-order valence-corrected chi connectivity index (χ0v) is 14.7. The number of ether oxygens (including phenoxy) is 2. The van der Waals surface area contributed by atoms with E-state index in [-0.39, 0.29) is 12.3 Å². The number of rotatable bonds is 8. The van der Waals surface area contributed by atoms with Crippen LogP contribution in [-0.4, -0.2) is 37.2 Å². The number of carbonyl (C=O) groups is 2. The first-order valence-corrected chi connectivity index (χ1v) is 8.01. The lowest BCUT2D eigenvalue weighted by Gasteiger charge is -2.11. The average Bonchev–Trinajstić information content (AvgIpc) is 2.66. The largest absolute Gasteiger partial charge is 0.497 e. The molecule has 1 atom stereocenters. The van der Waals surface area contributed by atoms with Crippen molar-refractivity contribution in [3.63, 3.8) is 0 Å². The molecule has 26 heavy (non-hydrogen) atoms. The molecule has 2 rings (SSSR count). The zero-order valence-electron chi connectivity index (χ0n) is 14.7. The predicted octanol–water partition coefficient (Wildman–Crippen LogP) is 1.59. The van der Waals surface area contributed by atoms with Gasteiger partial charge < -0.3 is 25.6 Å². The van der Waals surface area contributed by atoms with E-state index < -0.39 is 12.0 Å². The second-order valence-corrected chi connectivity index (χ2v) is 5.71. The normalized spacial score (nSPS) is 11.5. The molecule has 1 amide bonds. The van der Waals surface area contributed by atoms with E-state index in [9.17, 15) is 9.59 Å². The Balaban J connectivity index is 2.00. The molecule has 0 unspecified atom stereocenters. The van der Waals surface area contributed by atoms with Crippen molar-refractivity contribution in [2.75, 3.05) is 14.2 Å². The fourth-order valence-corrected chi connectivity index (χ4v) is 2.40. The first kappa shape index (κ1) is 19.3. The van der Waals surface area contributed by atoms with Gasteiger partial charge in [0.05, 0.1) is 19.8 Å². The van der Waals surface area contributed by atoms with Gasteiger partial charge in [-0.1, -0.05) is 24.3 Å². The molecule has 0 saturated heterocycles. The Hall–Kier alpha value is -3.06. The van der Waals surface area contributed by atoms with E-state index >= 15 is 0 Å². The molecule has 2 aromatic rings. The number of carboxylic acid groups (broad SMARTS) is 1. The van der Waals surface area contributed by atoms with Gasteiger partial charge in [0, 0.05) is 6.54 Å². The molecule has 0 heterocycles. The minimum absolute atomic E-state index is 0.253. The van der Waals surface area contributed by atoms with Crippen LogP contribution in [0.4, 0.5) is 0 Å². The Kier molecular flexibility index (Phi) is 6.57. The van der Waals surface area contributed by atoms with Gasteiger partial charge in [0.2, 0.25) is 0 Å². The lowest BCUT2D eigenvalue weighted by molar-refractivity contribution is -0.138. The molecular weight excluding hydrogens is 336 g/mol. The maximum atomic E-state index is 12.4. The van der Waals surface area contributed by atoms with Crippen LogP contribution in [0.1, 0.15) is 21.5 Å². The molecule has 0 aliphatic heterocycles. The van der Waals surface area contributed by atoms with E-state index in [1.54, 1.807) is 30.3 Å². The van der Waals surface area contributed by atoms with E-state index in [1.165, 1.54) is 14.2 Å². The van der Waals surface area contributed by atoms with Crippen LogP contribution in [0.15, 0.2) is 42.5 Å². The maximum Gasteiger partial charge on any atom is 0.320 e. The SMILES string of the molecule is COc1ccc(OC)c(C(=O)NCc2ccc(C[C@H](N)C(=O)O)cc2)c1. The summed E-state index contributed by atoms with van der Waals surface area (Å²) in [5.41, 5.74) is 7.61. The molecule has 0 aliphatic rings. The van der Waals surface area contributed by atoms with E-state index in [0.29, 0.717) is 23.6 Å². The maximum absolute atomic E-state index is 12.4. The van der Waals surface area contributed by atoms with Crippen LogP contribution in [-0.2, 0) is 17.8 Å². The molecular formula is C19H22N2O5. The Morgan fingerprint density at radius 2 is 1.73 bits per heavy atom. The van der Waals surface area contributed by atoms with Crippen molar-refractivity contribution >= 4 is 11.9 Å². The van der Waals surface area contributed by atoms with Crippen LogP contribution in [0.3, 0.4) is 0 Å². The van der Waals surface area contributed by atoms with Crippen molar-refractivity contribution in [1.82, 2.24) is 5.32 Å². The van der Waals surface area contributed by atoms with Gasteiger partial charge in [-0.15, -0.1) is 0 Å². The van der Waals surface area contributed by atoms with Gasteiger partial charge in [-0.3, -0.25) is 9.59 Å². The average molecular weight is 358 g/mol. The van der Waals surface area contributed by atoms with Gasteiger partial charge >= 0.3 is 5.97 Å². The molecule has 0 aliphatic carbocycles. The van der Waals surface area contributed by atoms with Crippen molar-refractivity contribution in [3.05, 3.63) is 59.2 Å². The van der Waals surface area contributed by atoms with E-state index in [4.69, 9.17) is 20.3 Å². The number of hydrogen-bond acceptors (Lipinski definition) is 5. The summed E-state index contributed by atoms with van der Waals surface area (Å²) in [6.45, 7) is 0.324. The third kappa shape index (κ3) is 4.97. The topological polar surface area (TPSA) is 111 Å². The van der Waals surface area contributed by atoms with Gasteiger partial charge in [0.15, 0.2) is 0 Å². The van der Waals surface area contributed by atoms with Crippen molar-refractivity contribution in [2.24, 2.45) is 5.73 Å². The van der Waals surface area contributed by atoms with Crippen molar-refractivity contribution in [2.45, 2.75) is 19.0 Å². The summed E-state index contributed by atoms with van der Waals surface area (Å²) in [6, 6.07) is 11.3. The van der Waals surface area contributed by atoms with E-state index in [1.807, 2.05) is 12.1 Å². The van der Waals surface area contributed by atoms with Crippen LogP contribution in [0, 0.1) is 0 Å². The van der Waals surface area contributed by atoms with Crippen LogP contribution in [0.2, 0.25) is 0 Å². The Bertz CT molecular complexity index is 774. The summed E-state index contributed by atoms with van der Waals surface area (Å²) in [7, 11) is 3.03. The minimum atomic E-state index is -1.03. The highest BCUT2D eigenvalue weighted by atomic mass is 16.5. The number of hydrogen-bond donors (Lipinski definition) is 3. The highest BCUT2D eigenvalue weighted by Gasteiger charge is 2.14. The molecule has 4 N–H and O–H groups in total. The highest BCUT2D eigenvalue weighted by Crippen LogP contribution is 2.23. The molecule has 0 fully saturated rings. The summed E-state index contributed by atoms with van der Waals surface area (Å²) in [5, 5.41) is 11.7. The molecule has 7 heteroatoms. The number of aliphatic carboxylic acids is 1. The van der Waals surface area contributed by atoms with Crippen LogP contribution < -0.4 is 20.5 Å². The molecule has 7 nitrogen and oxygen atoms in total. The zero-order chi connectivity index (χ0) is 19.1. The van der Waals surface area contributed by atoms with E-state index in [0.717, 1.165) is 11.1 Å².